The van der Waals surface area contributed by atoms with Gasteiger partial charge in [-0.2, -0.15) is 5.26 Å². The van der Waals surface area contributed by atoms with Gasteiger partial charge in [0.25, 0.3) is 5.56 Å². The molecule has 0 aliphatic rings. The Balaban J connectivity index is 2.25. The van der Waals surface area contributed by atoms with Gasteiger partial charge in [0.2, 0.25) is 0 Å². The Kier molecular flexibility index (Phi) is 3.75. The smallest absolute Gasteiger partial charge is 0.263 e. The zero-order valence-electron chi connectivity index (χ0n) is 11.3. The van der Waals surface area contributed by atoms with Gasteiger partial charge >= 0.3 is 0 Å². The van der Waals surface area contributed by atoms with Crippen molar-refractivity contribution >= 4 is 21.6 Å². The van der Waals surface area contributed by atoms with Crippen LogP contribution in [0.2, 0.25) is 0 Å². The first-order valence-electron chi connectivity index (χ1n) is 6.46. The van der Waals surface area contributed by atoms with E-state index in [0.717, 1.165) is 11.1 Å². The van der Waals surface area contributed by atoms with Crippen LogP contribution in [0.15, 0.2) is 52.0 Å². The summed E-state index contributed by atoms with van der Waals surface area (Å²) in [6.45, 7) is -0.346. The van der Waals surface area contributed by atoms with Crippen LogP contribution in [-0.4, -0.2) is 14.5 Å². The van der Waals surface area contributed by atoms with Gasteiger partial charge in [0.1, 0.15) is 11.7 Å². The molecule has 0 aliphatic carbocycles. The van der Waals surface area contributed by atoms with E-state index in [1.165, 1.54) is 10.6 Å². The zero-order chi connectivity index (χ0) is 15.7. The maximum Gasteiger partial charge on any atom is 0.263 e. The average Bonchev–Trinajstić information content (AvgIpc) is 2.54. The molecule has 0 spiro atoms. The van der Waals surface area contributed by atoms with Crippen LogP contribution in [0.4, 0.5) is 0 Å². The molecule has 0 saturated carbocycles. The van der Waals surface area contributed by atoms with E-state index in [-0.39, 0.29) is 17.7 Å². The molecular weight excluding hydrogens is 346 g/mol. The molecular formula is C16H10BrN3O2. The number of fused-ring (bicyclic) bond motifs is 1. The van der Waals surface area contributed by atoms with Crippen LogP contribution in [-0.2, 0) is 6.61 Å². The van der Waals surface area contributed by atoms with Crippen LogP contribution >= 0.6 is 15.9 Å². The lowest BCUT2D eigenvalue weighted by Gasteiger charge is -2.08. The van der Waals surface area contributed by atoms with Crippen LogP contribution in [0.1, 0.15) is 11.1 Å². The molecule has 1 aromatic carbocycles. The average molecular weight is 356 g/mol. The molecule has 5 nitrogen and oxygen atoms in total. The Morgan fingerprint density at radius 1 is 1.36 bits per heavy atom. The van der Waals surface area contributed by atoms with Gasteiger partial charge in [-0.25, -0.2) is 4.98 Å². The Labute approximate surface area is 134 Å². The molecule has 0 fully saturated rings. The third-order valence-electron chi connectivity index (χ3n) is 3.39. The summed E-state index contributed by atoms with van der Waals surface area (Å²) in [5, 5.41) is 18.4. The Morgan fingerprint density at radius 2 is 2.18 bits per heavy atom. The Hall–Kier alpha value is -2.49. The number of nitriles is 1. The Morgan fingerprint density at radius 3 is 2.91 bits per heavy atom. The fraction of sp³-hybridized carbons (Fsp3) is 0.0625. The molecule has 0 amide bonds. The van der Waals surface area contributed by atoms with E-state index in [1.807, 2.05) is 12.1 Å². The molecule has 2 aromatic heterocycles. The molecule has 1 N–H and O–H groups in total. The predicted molar refractivity (Wildman–Crippen MR) is 85.2 cm³/mol. The number of aliphatic hydroxyl groups is 1. The SMILES string of the molecule is N#Cc1c(Br)cccc1-c1ccn2c(=O)c(CO)cnc2c1. The van der Waals surface area contributed by atoms with Gasteiger partial charge in [-0.3, -0.25) is 9.20 Å². The van der Waals surface area contributed by atoms with Gasteiger partial charge < -0.3 is 5.11 Å². The lowest BCUT2D eigenvalue weighted by molar-refractivity contribution is 0.279. The third-order valence-corrected chi connectivity index (χ3v) is 4.05. The maximum absolute atomic E-state index is 12.1. The van der Waals surface area contributed by atoms with E-state index in [9.17, 15) is 10.1 Å². The quantitative estimate of drug-likeness (QED) is 0.765. The molecule has 3 rings (SSSR count). The lowest BCUT2D eigenvalue weighted by Crippen LogP contribution is -2.19. The van der Waals surface area contributed by atoms with Crippen molar-refractivity contribution < 1.29 is 5.11 Å². The summed E-state index contributed by atoms with van der Waals surface area (Å²) < 4.78 is 2.09. The van der Waals surface area contributed by atoms with Crippen molar-refractivity contribution in [2.45, 2.75) is 6.61 Å². The summed E-state index contributed by atoms with van der Waals surface area (Å²) in [6, 6.07) is 11.2. The van der Waals surface area contributed by atoms with E-state index in [1.54, 1.807) is 24.4 Å². The van der Waals surface area contributed by atoms with Crippen molar-refractivity contribution in [2.75, 3.05) is 0 Å². The highest BCUT2D eigenvalue weighted by atomic mass is 79.9. The van der Waals surface area contributed by atoms with E-state index in [0.29, 0.717) is 15.7 Å². The lowest BCUT2D eigenvalue weighted by atomic mass is 10.0. The Bertz CT molecular complexity index is 973. The van der Waals surface area contributed by atoms with Crippen molar-refractivity contribution in [1.29, 1.82) is 5.26 Å². The minimum absolute atomic E-state index is 0.241. The van der Waals surface area contributed by atoms with E-state index >= 15 is 0 Å². The summed E-state index contributed by atoms with van der Waals surface area (Å²) >= 11 is 3.36. The second kappa shape index (κ2) is 5.72. The fourth-order valence-electron chi connectivity index (χ4n) is 2.27. The summed E-state index contributed by atoms with van der Waals surface area (Å²) in [6.07, 6.45) is 2.97. The van der Waals surface area contributed by atoms with Crippen molar-refractivity contribution in [1.82, 2.24) is 9.38 Å². The molecule has 3 aromatic rings. The second-order valence-corrected chi connectivity index (χ2v) is 5.52. The molecule has 0 atom stereocenters. The maximum atomic E-state index is 12.1. The van der Waals surface area contributed by atoms with Gasteiger partial charge in [-0.05, 0) is 39.7 Å². The number of pyridine rings is 1. The molecule has 22 heavy (non-hydrogen) atoms. The first kappa shape index (κ1) is 14.4. The predicted octanol–water partition coefficient (Wildman–Crippen LogP) is 2.49. The van der Waals surface area contributed by atoms with Crippen LogP contribution in [0.3, 0.4) is 0 Å². The number of halogens is 1. The van der Waals surface area contributed by atoms with Crippen molar-refractivity contribution in [3.8, 4) is 17.2 Å². The van der Waals surface area contributed by atoms with E-state index < -0.39 is 0 Å². The standard InChI is InChI=1S/C16H10BrN3O2/c17-14-3-1-2-12(13(14)7-18)10-4-5-20-15(6-10)19-8-11(9-21)16(20)22/h1-6,8,21H,9H2. The molecule has 108 valence electrons. The van der Waals surface area contributed by atoms with Gasteiger partial charge in [0, 0.05) is 22.4 Å². The van der Waals surface area contributed by atoms with Crippen LogP contribution in [0, 0.1) is 11.3 Å². The summed E-state index contributed by atoms with van der Waals surface area (Å²) in [5.74, 6) is 0. The van der Waals surface area contributed by atoms with Gasteiger partial charge in [0.15, 0.2) is 0 Å². The number of hydrogen-bond acceptors (Lipinski definition) is 4. The second-order valence-electron chi connectivity index (χ2n) is 4.66. The highest BCUT2D eigenvalue weighted by molar-refractivity contribution is 9.10. The first-order chi connectivity index (χ1) is 10.7. The fourth-order valence-corrected chi connectivity index (χ4v) is 2.72. The van der Waals surface area contributed by atoms with Crippen LogP contribution in [0.25, 0.3) is 16.8 Å². The highest BCUT2D eigenvalue weighted by Crippen LogP contribution is 2.29. The zero-order valence-corrected chi connectivity index (χ0v) is 12.9. The van der Waals surface area contributed by atoms with Crippen molar-refractivity contribution in [3.63, 3.8) is 0 Å². The minimum atomic E-state index is -0.346. The minimum Gasteiger partial charge on any atom is -0.391 e. The first-order valence-corrected chi connectivity index (χ1v) is 7.25. The summed E-state index contributed by atoms with van der Waals surface area (Å²) in [7, 11) is 0. The summed E-state index contributed by atoms with van der Waals surface area (Å²) in [4.78, 5) is 16.3. The molecule has 0 aliphatic heterocycles. The largest absolute Gasteiger partial charge is 0.391 e. The van der Waals surface area contributed by atoms with Crippen molar-refractivity contribution in [2.24, 2.45) is 0 Å². The number of nitrogens with zero attached hydrogens (tertiary/aromatic N) is 3. The van der Waals surface area contributed by atoms with Gasteiger partial charge in [-0.15, -0.1) is 0 Å². The van der Waals surface area contributed by atoms with Gasteiger partial charge in [0.05, 0.1) is 17.7 Å². The van der Waals surface area contributed by atoms with E-state index in [4.69, 9.17) is 5.11 Å². The van der Waals surface area contributed by atoms with Crippen LogP contribution in [0.5, 0.6) is 0 Å². The molecule has 0 bridgehead atoms. The molecule has 6 heteroatoms. The number of benzene rings is 1. The molecule has 0 radical (unpaired) electrons. The summed E-state index contributed by atoms with van der Waals surface area (Å²) in [5.41, 5.74) is 2.49. The number of rotatable bonds is 2. The third kappa shape index (κ3) is 2.30. The van der Waals surface area contributed by atoms with E-state index in [2.05, 4.69) is 27.0 Å². The van der Waals surface area contributed by atoms with Crippen molar-refractivity contribution in [3.05, 3.63) is 68.7 Å². The molecule has 0 saturated heterocycles. The molecule has 0 unspecified atom stereocenters. The normalized spacial score (nSPS) is 10.6. The number of aromatic nitrogens is 2. The van der Waals surface area contributed by atoms with Crippen LogP contribution < -0.4 is 5.56 Å². The molecule has 2 heterocycles. The number of hydrogen-bond donors (Lipinski definition) is 1. The monoisotopic (exact) mass is 355 g/mol. The topological polar surface area (TPSA) is 78.4 Å². The highest BCUT2D eigenvalue weighted by Gasteiger charge is 2.10. The number of aliphatic hydroxyl groups excluding tert-OH is 1. The van der Waals surface area contributed by atoms with Gasteiger partial charge in [-0.1, -0.05) is 12.1 Å².